The number of aliphatic carboxylic acids is 1. The van der Waals surface area contributed by atoms with E-state index >= 15 is 0 Å². The van der Waals surface area contributed by atoms with Crippen LogP contribution in [0.5, 0.6) is 0 Å². The number of aryl methyl sites for hydroxylation is 1. The summed E-state index contributed by atoms with van der Waals surface area (Å²) in [5.74, 6) is -0.264. The number of carboxylic acid groups (broad SMARTS) is 1. The fourth-order valence-electron chi connectivity index (χ4n) is 5.56. The van der Waals surface area contributed by atoms with Crippen molar-refractivity contribution in [3.63, 3.8) is 0 Å². The highest BCUT2D eigenvalue weighted by Crippen LogP contribution is 2.58. The zero-order valence-electron chi connectivity index (χ0n) is 15.4. The molecule has 1 fully saturated rings. The van der Waals surface area contributed by atoms with E-state index in [-0.39, 0.29) is 17.3 Å². The van der Waals surface area contributed by atoms with Crippen LogP contribution in [0.3, 0.4) is 0 Å². The molecule has 132 valence electrons. The molecule has 2 N–H and O–H groups in total. The maximum Gasteiger partial charge on any atom is 0.303 e. The van der Waals surface area contributed by atoms with Crippen LogP contribution in [-0.2, 0) is 22.2 Å². The number of aliphatic hydroxyl groups is 1. The highest BCUT2D eigenvalue weighted by Gasteiger charge is 2.52. The lowest BCUT2D eigenvalue weighted by molar-refractivity contribution is -0.142. The van der Waals surface area contributed by atoms with E-state index in [1.165, 1.54) is 11.1 Å². The molecule has 2 aliphatic rings. The lowest BCUT2D eigenvalue weighted by Crippen LogP contribution is -2.49. The molecule has 0 aromatic heterocycles. The van der Waals surface area contributed by atoms with Gasteiger partial charge in [-0.25, -0.2) is 0 Å². The smallest absolute Gasteiger partial charge is 0.303 e. The molecule has 0 radical (unpaired) electrons. The Bertz CT molecular complexity index is 658. The molecule has 3 rings (SSSR count). The van der Waals surface area contributed by atoms with Gasteiger partial charge in [-0.05, 0) is 73.0 Å². The van der Waals surface area contributed by atoms with Crippen molar-refractivity contribution in [1.82, 2.24) is 0 Å². The van der Waals surface area contributed by atoms with Gasteiger partial charge in [0.05, 0.1) is 12.0 Å². The predicted molar refractivity (Wildman–Crippen MR) is 95.1 cm³/mol. The van der Waals surface area contributed by atoms with Crippen LogP contribution in [0.1, 0.15) is 76.5 Å². The van der Waals surface area contributed by atoms with Gasteiger partial charge in [0, 0.05) is 0 Å². The van der Waals surface area contributed by atoms with Gasteiger partial charge < -0.3 is 10.2 Å². The van der Waals surface area contributed by atoms with Crippen LogP contribution in [0.15, 0.2) is 18.2 Å². The maximum absolute atomic E-state index is 11.4. The van der Waals surface area contributed by atoms with Crippen LogP contribution in [-0.4, -0.2) is 16.2 Å². The molecule has 3 atom stereocenters. The second kappa shape index (κ2) is 5.59. The Balaban J connectivity index is 2.03. The van der Waals surface area contributed by atoms with Crippen LogP contribution in [0, 0.1) is 11.3 Å². The standard InChI is InChI=1S/C21H30O3/c1-19(2,24)15-7-8-16-14(12-15)6-9-17-20(3,13-18(22)23)10-5-11-21(16,17)4/h7-8,12,17,24H,5-6,9-11,13H2,1-4H3,(H,22,23)/t17-,20-,21+/m0/s1. The Kier molecular flexibility index (Phi) is 4.07. The van der Waals surface area contributed by atoms with E-state index in [0.29, 0.717) is 5.92 Å². The van der Waals surface area contributed by atoms with Crippen molar-refractivity contribution < 1.29 is 15.0 Å². The topological polar surface area (TPSA) is 57.5 Å². The molecule has 3 heteroatoms. The maximum atomic E-state index is 11.4. The van der Waals surface area contributed by atoms with Gasteiger partial charge in [-0.3, -0.25) is 4.79 Å². The van der Waals surface area contributed by atoms with E-state index in [1.807, 2.05) is 13.8 Å². The van der Waals surface area contributed by atoms with Crippen LogP contribution in [0.2, 0.25) is 0 Å². The summed E-state index contributed by atoms with van der Waals surface area (Å²) in [6.45, 7) is 8.16. The zero-order chi connectivity index (χ0) is 17.8. The molecule has 0 aliphatic heterocycles. The van der Waals surface area contributed by atoms with Crippen molar-refractivity contribution in [3.8, 4) is 0 Å². The quantitative estimate of drug-likeness (QED) is 0.863. The Labute approximate surface area is 145 Å². The molecule has 1 aromatic rings. The van der Waals surface area contributed by atoms with Crippen molar-refractivity contribution in [3.05, 3.63) is 34.9 Å². The Morgan fingerprint density at radius 3 is 2.62 bits per heavy atom. The summed E-state index contributed by atoms with van der Waals surface area (Å²) in [4.78, 5) is 11.4. The zero-order valence-corrected chi connectivity index (χ0v) is 15.4. The van der Waals surface area contributed by atoms with Crippen LogP contribution in [0.25, 0.3) is 0 Å². The summed E-state index contributed by atoms with van der Waals surface area (Å²) in [7, 11) is 0. The molecule has 0 saturated heterocycles. The molecule has 0 spiro atoms. The van der Waals surface area contributed by atoms with Crippen molar-refractivity contribution >= 4 is 5.97 Å². The number of hydrogen-bond acceptors (Lipinski definition) is 2. The summed E-state index contributed by atoms with van der Waals surface area (Å²) in [5, 5.41) is 19.7. The number of carboxylic acids is 1. The minimum atomic E-state index is -0.822. The van der Waals surface area contributed by atoms with E-state index in [4.69, 9.17) is 0 Å². The number of rotatable bonds is 3. The van der Waals surface area contributed by atoms with E-state index in [2.05, 4.69) is 32.0 Å². The lowest BCUT2D eigenvalue weighted by atomic mass is 9.49. The first-order valence-electron chi connectivity index (χ1n) is 9.14. The second-order valence-corrected chi connectivity index (χ2v) is 9.02. The molecule has 0 amide bonds. The Morgan fingerprint density at radius 1 is 1.29 bits per heavy atom. The first kappa shape index (κ1) is 17.5. The van der Waals surface area contributed by atoms with Crippen molar-refractivity contribution in [2.45, 2.75) is 77.2 Å². The van der Waals surface area contributed by atoms with E-state index in [9.17, 15) is 15.0 Å². The molecular formula is C21H30O3. The average Bonchev–Trinajstić information content (AvgIpc) is 2.44. The first-order chi connectivity index (χ1) is 11.1. The normalized spacial score (nSPS) is 32.8. The van der Waals surface area contributed by atoms with E-state index in [1.54, 1.807) is 0 Å². The highest BCUT2D eigenvalue weighted by molar-refractivity contribution is 5.68. The summed E-state index contributed by atoms with van der Waals surface area (Å²) in [6, 6.07) is 6.41. The average molecular weight is 330 g/mol. The van der Waals surface area contributed by atoms with Gasteiger partial charge in [0.15, 0.2) is 0 Å². The molecule has 3 nitrogen and oxygen atoms in total. The van der Waals surface area contributed by atoms with Gasteiger partial charge in [0.2, 0.25) is 0 Å². The monoisotopic (exact) mass is 330 g/mol. The fraction of sp³-hybridized carbons (Fsp3) is 0.667. The molecule has 1 saturated carbocycles. The van der Waals surface area contributed by atoms with Gasteiger partial charge in [0.25, 0.3) is 0 Å². The third-order valence-corrected chi connectivity index (χ3v) is 6.74. The minimum absolute atomic E-state index is 0.0498. The third kappa shape index (κ3) is 2.77. The van der Waals surface area contributed by atoms with E-state index < -0.39 is 11.6 Å². The molecular weight excluding hydrogens is 300 g/mol. The highest BCUT2D eigenvalue weighted by atomic mass is 16.4. The summed E-state index contributed by atoms with van der Waals surface area (Å²) >= 11 is 0. The number of carbonyl (C=O) groups is 1. The summed E-state index contributed by atoms with van der Waals surface area (Å²) in [6.07, 6.45) is 5.52. The summed E-state index contributed by atoms with van der Waals surface area (Å²) in [5.41, 5.74) is 2.79. The van der Waals surface area contributed by atoms with Gasteiger partial charge in [-0.2, -0.15) is 0 Å². The molecule has 0 heterocycles. The first-order valence-corrected chi connectivity index (χ1v) is 9.14. The van der Waals surface area contributed by atoms with Crippen molar-refractivity contribution in [2.75, 3.05) is 0 Å². The molecule has 1 aromatic carbocycles. The number of fused-ring (bicyclic) bond motifs is 3. The fourth-order valence-corrected chi connectivity index (χ4v) is 5.56. The predicted octanol–water partition coefficient (Wildman–Crippen LogP) is 4.40. The van der Waals surface area contributed by atoms with Gasteiger partial charge in [-0.15, -0.1) is 0 Å². The largest absolute Gasteiger partial charge is 0.481 e. The van der Waals surface area contributed by atoms with Crippen LogP contribution >= 0.6 is 0 Å². The Morgan fingerprint density at radius 2 is 2.00 bits per heavy atom. The SMILES string of the molecule is CC(C)(O)c1ccc2c(c1)CC[C@H]1[C@](C)(CC(=O)O)CCC[C@]21C. The Hall–Kier alpha value is -1.35. The van der Waals surface area contributed by atoms with Crippen molar-refractivity contribution in [2.24, 2.45) is 11.3 Å². The third-order valence-electron chi connectivity index (χ3n) is 6.74. The molecule has 24 heavy (non-hydrogen) atoms. The lowest BCUT2D eigenvalue weighted by Gasteiger charge is -2.55. The van der Waals surface area contributed by atoms with Gasteiger partial charge in [0.1, 0.15) is 0 Å². The van der Waals surface area contributed by atoms with Crippen LogP contribution in [0.4, 0.5) is 0 Å². The van der Waals surface area contributed by atoms with Gasteiger partial charge in [-0.1, -0.05) is 38.5 Å². The van der Waals surface area contributed by atoms with Gasteiger partial charge >= 0.3 is 5.97 Å². The summed E-state index contributed by atoms with van der Waals surface area (Å²) < 4.78 is 0. The second-order valence-electron chi connectivity index (χ2n) is 9.02. The number of benzene rings is 1. The minimum Gasteiger partial charge on any atom is -0.481 e. The van der Waals surface area contributed by atoms with E-state index in [0.717, 1.165) is 37.7 Å². The molecule has 0 bridgehead atoms. The molecule has 0 unspecified atom stereocenters. The molecule has 2 aliphatic carbocycles. The number of hydrogen-bond donors (Lipinski definition) is 2. The van der Waals surface area contributed by atoms with Crippen molar-refractivity contribution in [1.29, 1.82) is 0 Å². The van der Waals surface area contributed by atoms with Crippen LogP contribution < -0.4 is 0 Å².